The fourth-order valence-corrected chi connectivity index (χ4v) is 4.01. The first kappa shape index (κ1) is 15.8. The molecule has 0 radical (unpaired) electrons. The summed E-state index contributed by atoms with van der Waals surface area (Å²) < 4.78 is 2.19. The molecule has 0 saturated carbocycles. The third-order valence-electron chi connectivity index (χ3n) is 4.27. The van der Waals surface area contributed by atoms with Crippen LogP contribution in [0.5, 0.6) is 0 Å². The highest BCUT2D eigenvalue weighted by Gasteiger charge is 2.15. The number of nitrogens with zero attached hydrogens (tertiary/aromatic N) is 3. The Kier molecular flexibility index (Phi) is 4.01. The maximum Gasteiger partial charge on any atom is 0.195 e. The van der Waals surface area contributed by atoms with Gasteiger partial charge in [-0.15, -0.1) is 0 Å². The van der Waals surface area contributed by atoms with E-state index in [0.29, 0.717) is 6.61 Å². The molecule has 0 fully saturated rings. The Balaban J connectivity index is 1.60. The molecule has 0 atom stereocenters. The van der Waals surface area contributed by atoms with Gasteiger partial charge in [-0.3, -0.25) is 4.40 Å². The number of para-hydroxylation sites is 2. The van der Waals surface area contributed by atoms with E-state index in [4.69, 9.17) is 9.82 Å². The van der Waals surface area contributed by atoms with Crippen LogP contribution in [-0.4, -0.2) is 15.1 Å². The zero-order chi connectivity index (χ0) is 17.4. The van der Waals surface area contributed by atoms with Crippen molar-refractivity contribution in [1.29, 1.82) is 0 Å². The lowest BCUT2D eigenvalue weighted by molar-refractivity contribution is 0.130. The lowest BCUT2D eigenvalue weighted by Gasteiger charge is -2.03. The minimum absolute atomic E-state index is 0.474. The van der Waals surface area contributed by atoms with Crippen LogP contribution in [0.25, 0.3) is 16.0 Å². The normalized spacial score (nSPS) is 12.2. The molecule has 0 aliphatic heterocycles. The highest BCUT2D eigenvalue weighted by molar-refractivity contribution is 7.19. The summed E-state index contributed by atoms with van der Waals surface area (Å²) in [7, 11) is 0. The first-order valence-corrected chi connectivity index (χ1v) is 9.04. The van der Waals surface area contributed by atoms with Gasteiger partial charge in [-0.05, 0) is 38.5 Å². The lowest BCUT2D eigenvalue weighted by atomic mass is 10.2. The van der Waals surface area contributed by atoms with Crippen molar-refractivity contribution in [2.75, 3.05) is 0 Å². The standard InChI is InChI=1S/C20H19N3OS/c1-13-8-10-16(11-9-13)12-24-22-14(2)19-15(3)23-18-7-5-4-6-17(18)21-20(23)25-19/h4-11H,12H2,1-3H3/b22-14-. The average molecular weight is 349 g/mol. The summed E-state index contributed by atoms with van der Waals surface area (Å²) in [5.41, 5.74) is 6.54. The molecule has 2 aromatic heterocycles. The number of hydrogen-bond donors (Lipinski definition) is 0. The van der Waals surface area contributed by atoms with E-state index in [1.165, 1.54) is 5.56 Å². The summed E-state index contributed by atoms with van der Waals surface area (Å²) in [6.07, 6.45) is 0. The van der Waals surface area contributed by atoms with E-state index in [1.54, 1.807) is 11.3 Å². The van der Waals surface area contributed by atoms with Gasteiger partial charge in [0.25, 0.3) is 0 Å². The number of aryl methyl sites for hydroxylation is 2. The SMILES string of the molecule is C/C(=N/OCc1ccc(C)cc1)c1sc2nc3ccccc3n2c1C. The molecule has 25 heavy (non-hydrogen) atoms. The van der Waals surface area contributed by atoms with Crippen LogP contribution in [0.3, 0.4) is 0 Å². The van der Waals surface area contributed by atoms with E-state index >= 15 is 0 Å². The molecular weight excluding hydrogens is 330 g/mol. The first-order chi connectivity index (χ1) is 12.1. The number of imidazole rings is 1. The summed E-state index contributed by atoms with van der Waals surface area (Å²) in [5.74, 6) is 0. The van der Waals surface area contributed by atoms with Gasteiger partial charge in [-0.1, -0.05) is 58.5 Å². The predicted molar refractivity (Wildman–Crippen MR) is 103 cm³/mol. The minimum atomic E-state index is 0.474. The van der Waals surface area contributed by atoms with Crippen LogP contribution in [-0.2, 0) is 11.4 Å². The molecule has 4 rings (SSSR count). The highest BCUT2D eigenvalue weighted by Crippen LogP contribution is 2.28. The minimum Gasteiger partial charge on any atom is -0.391 e. The quantitative estimate of drug-likeness (QED) is 0.379. The summed E-state index contributed by atoms with van der Waals surface area (Å²) in [5, 5.41) is 4.31. The second-order valence-electron chi connectivity index (χ2n) is 6.17. The number of aromatic nitrogens is 2. The molecule has 2 heterocycles. The van der Waals surface area contributed by atoms with Gasteiger partial charge in [0.1, 0.15) is 6.61 Å². The Morgan fingerprint density at radius 3 is 2.68 bits per heavy atom. The summed E-state index contributed by atoms with van der Waals surface area (Å²) >= 11 is 1.65. The van der Waals surface area contributed by atoms with Gasteiger partial charge in [-0.25, -0.2) is 4.98 Å². The number of oxime groups is 1. The van der Waals surface area contributed by atoms with E-state index in [1.807, 2.05) is 25.1 Å². The third kappa shape index (κ3) is 2.91. The molecule has 4 nitrogen and oxygen atoms in total. The maximum atomic E-state index is 5.56. The van der Waals surface area contributed by atoms with Crippen LogP contribution in [0, 0.1) is 13.8 Å². The van der Waals surface area contributed by atoms with E-state index in [9.17, 15) is 0 Å². The molecule has 126 valence electrons. The second-order valence-corrected chi connectivity index (χ2v) is 7.15. The van der Waals surface area contributed by atoms with Crippen molar-refractivity contribution in [2.45, 2.75) is 27.4 Å². The van der Waals surface area contributed by atoms with Gasteiger partial charge in [0.05, 0.1) is 21.6 Å². The van der Waals surface area contributed by atoms with Crippen LogP contribution < -0.4 is 0 Å². The molecular formula is C20H19N3OS. The van der Waals surface area contributed by atoms with Gasteiger partial charge in [0.15, 0.2) is 4.96 Å². The first-order valence-electron chi connectivity index (χ1n) is 8.22. The Morgan fingerprint density at radius 2 is 1.88 bits per heavy atom. The van der Waals surface area contributed by atoms with Gasteiger partial charge in [-0.2, -0.15) is 0 Å². The molecule has 2 aromatic carbocycles. The number of hydrogen-bond acceptors (Lipinski definition) is 4. The summed E-state index contributed by atoms with van der Waals surface area (Å²) in [6, 6.07) is 16.5. The smallest absolute Gasteiger partial charge is 0.195 e. The van der Waals surface area contributed by atoms with Crippen molar-refractivity contribution >= 4 is 33.0 Å². The van der Waals surface area contributed by atoms with Crippen molar-refractivity contribution in [1.82, 2.24) is 9.38 Å². The molecule has 0 saturated heterocycles. The van der Waals surface area contributed by atoms with E-state index in [0.717, 1.165) is 37.8 Å². The average Bonchev–Trinajstić information content (AvgIpc) is 3.13. The molecule has 5 heteroatoms. The van der Waals surface area contributed by atoms with E-state index in [2.05, 4.69) is 53.7 Å². The molecule has 0 aliphatic rings. The Labute approximate surface area is 150 Å². The maximum absolute atomic E-state index is 5.56. The number of rotatable bonds is 4. The second kappa shape index (κ2) is 6.33. The largest absolute Gasteiger partial charge is 0.391 e. The highest BCUT2D eigenvalue weighted by atomic mass is 32.1. The molecule has 0 bridgehead atoms. The molecule has 0 spiro atoms. The van der Waals surface area contributed by atoms with Crippen molar-refractivity contribution < 1.29 is 4.84 Å². The zero-order valence-corrected chi connectivity index (χ0v) is 15.3. The molecule has 0 unspecified atom stereocenters. The third-order valence-corrected chi connectivity index (χ3v) is 5.52. The summed E-state index contributed by atoms with van der Waals surface area (Å²) in [4.78, 5) is 12.4. The number of thiazole rings is 1. The van der Waals surface area contributed by atoms with E-state index in [-0.39, 0.29) is 0 Å². The number of benzene rings is 2. The van der Waals surface area contributed by atoms with Crippen LogP contribution in [0.4, 0.5) is 0 Å². The Bertz CT molecular complexity index is 1070. The van der Waals surface area contributed by atoms with Crippen molar-refractivity contribution in [2.24, 2.45) is 5.16 Å². The molecule has 4 aromatic rings. The fraction of sp³-hybridized carbons (Fsp3) is 0.200. The topological polar surface area (TPSA) is 38.9 Å². The summed E-state index contributed by atoms with van der Waals surface area (Å²) in [6.45, 7) is 6.64. The Hall–Kier alpha value is -2.66. The van der Waals surface area contributed by atoms with Crippen LogP contribution in [0.15, 0.2) is 53.7 Å². The zero-order valence-electron chi connectivity index (χ0n) is 14.5. The van der Waals surface area contributed by atoms with E-state index < -0.39 is 0 Å². The van der Waals surface area contributed by atoms with Gasteiger partial charge in [0.2, 0.25) is 0 Å². The van der Waals surface area contributed by atoms with Crippen molar-refractivity contribution in [3.8, 4) is 0 Å². The molecule has 0 amide bonds. The van der Waals surface area contributed by atoms with Gasteiger partial charge in [0, 0.05) is 5.69 Å². The van der Waals surface area contributed by atoms with Crippen LogP contribution >= 0.6 is 11.3 Å². The van der Waals surface area contributed by atoms with Crippen molar-refractivity contribution in [3.05, 3.63) is 70.2 Å². The number of fused-ring (bicyclic) bond motifs is 3. The Morgan fingerprint density at radius 1 is 1.12 bits per heavy atom. The van der Waals surface area contributed by atoms with Crippen LogP contribution in [0.2, 0.25) is 0 Å². The van der Waals surface area contributed by atoms with Gasteiger partial charge >= 0.3 is 0 Å². The van der Waals surface area contributed by atoms with Crippen LogP contribution in [0.1, 0.15) is 28.6 Å². The predicted octanol–water partition coefficient (Wildman–Crippen LogP) is 5.11. The lowest BCUT2D eigenvalue weighted by Crippen LogP contribution is -1.98. The molecule has 0 aliphatic carbocycles. The monoisotopic (exact) mass is 349 g/mol. The van der Waals surface area contributed by atoms with Crippen molar-refractivity contribution in [3.63, 3.8) is 0 Å². The molecule has 0 N–H and O–H groups in total. The fourth-order valence-electron chi connectivity index (χ4n) is 2.93. The van der Waals surface area contributed by atoms with Gasteiger partial charge < -0.3 is 4.84 Å².